The fourth-order valence-electron chi connectivity index (χ4n) is 3.90. The standard InChI is InChI=1S/C12H23N.C10H7F3OS/c1-3-7-11(8-4-1)13-12-9-5-2-6-10-12;11-10(12,13)9(15)8(6-14)7-4-2-1-3-5-7/h11-13H,1-10H2;1-6,15H/b;9-8+. The first-order chi connectivity index (χ1) is 13.4. The maximum absolute atomic E-state index is 12.3. The molecular weight excluding hydrogens is 383 g/mol. The lowest BCUT2D eigenvalue weighted by atomic mass is 9.91. The van der Waals surface area contributed by atoms with Gasteiger partial charge in [0.1, 0.15) is 0 Å². The van der Waals surface area contributed by atoms with Gasteiger partial charge in [-0.1, -0.05) is 68.9 Å². The van der Waals surface area contributed by atoms with E-state index in [0.29, 0.717) is 0 Å². The maximum atomic E-state index is 12.3. The van der Waals surface area contributed by atoms with Gasteiger partial charge < -0.3 is 5.32 Å². The third-order valence-electron chi connectivity index (χ3n) is 5.41. The van der Waals surface area contributed by atoms with Gasteiger partial charge in [-0.3, -0.25) is 4.79 Å². The molecule has 156 valence electrons. The number of rotatable bonds is 4. The molecule has 0 unspecified atom stereocenters. The van der Waals surface area contributed by atoms with E-state index >= 15 is 0 Å². The molecule has 0 amide bonds. The number of nitrogens with one attached hydrogen (secondary N) is 1. The molecule has 2 nitrogen and oxygen atoms in total. The Labute approximate surface area is 171 Å². The molecule has 2 aliphatic rings. The molecule has 1 aromatic carbocycles. The summed E-state index contributed by atoms with van der Waals surface area (Å²) in [4.78, 5) is 9.41. The SMILES string of the molecule is C1CCC(NC2CCCCC2)CC1.O=C/C(=C(\S)C(F)(F)F)c1ccccc1. The van der Waals surface area contributed by atoms with E-state index in [2.05, 4.69) is 17.9 Å². The molecule has 0 bridgehead atoms. The van der Waals surface area contributed by atoms with Crippen LogP contribution in [-0.2, 0) is 4.79 Å². The highest BCUT2D eigenvalue weighted by atomic mass is 32.1. The van der Waals surface area contributed by atoms with Crippen molar-refractivity contribution < 1.29 is 18.0 Å². The summed E-state index contributed by atoms with van der Waals surface area (Å²) in [6.45, 7) is 0. The first-order valence-corrected chi connectivity index (χ1v) is 10.6. The number of carbonyl (C=O) groups is 1. The molecule has 0 aromatic heterocycles. The van der Waals surface area contributed by atoms with Gasteiger partial charge in [0.15, 0.2) is 6.29 Å². The van der Waals surface area contributed by atoms with Crippen molar-refractivity contribution in [3.8, 4) is 0 Å². The van der Waals surface area contributed by atoms with Crippen LogP contribution in [0, 0.1) is 0 Å². The topological polar surface area (TPSA) is 29.1 Å². The Kier molecular flexibility index (Phi) is 9.59. The fraction of sp³-hybridized carbons (Fsp3) is 0.591. The van der Waals surface area contributed by atoms with Crippen LogP contribution in [0.15, 0.2) is 35.2 Å². The minimum absolute atomic E-state index is 0.158. The predicted octanol–water partition coefficient (Wildman–Crippen LogP) is 6.33. The average Bonchev–Trinajstić information content (AvgIpc) is 2.71. The molecule has 0 saturated heterocycles. The van der Waals surface area contributed by atoms with Gasteiger partial charge in [0.25, 0.3) is 0 Å². The van der Waals surface area contributed by atoms with Gasteiger partial charge >= 0.3 is 6.18 Å². The van der Waals surface area contributed by atoms with Gasteiger partial charge in [-0.05, 0) is 31.2 Å². The van der Waals surface area contributed by atoms with Gasteiger partial charge in [-0.15, -0.1) is 12.6 Å². The van der Waals surface area contributed by atoms with Crippen LogP contribution in [0.3, 0.4) is 0 Å². The number of alkyl halides is 3. The number of aldehydes is 1. The van der Waals surface area contributed by atoms with E-state index in [0.717, 1.165) is 12.1 Å². The highest BCUT2D eigenvalue weighted by Gasteiger charge is 2.34. The van der Waals surface area contributed by atoms with Crippen LogP contribution in [-0.4, -0.2) is 24.5 Å². The Hall–Kier alpha value is -1.27. The van der Waals surface area contributed by atoms with Gasteiger partial charge in [0.2, 0.25) is 0 Å². The summed E-state index contributed by atoms with van der Waals surface area (Å²) in [7, 11) is 0. The number of carbonyl (C=O) groups excluding carboxylic acids is 1. The van der Waals surface area contributed by atoms with E-state index in [1.807, 2.05) is 0 Å². The molecule has 0 radical (unpaired) electrons. The van der Waals surface area contributed by atoms with Crippen LogP contribution < -0.4 is 5.32 Å². The molecule has 1 N–H and O–H groups in total. The van der Waals surface area contributed by atoms with Crippen LogP contribution in [0.5, 0.6) is 0 Å². The Morgan fingerprint density at radius 2 is 1.36 bits per heavy atom. The van der Waals surface area contributed by atoms with Gasteiger partial charge in [-0.2, -0.15) is 13.2 Å². The largest absolute Gasteiger partial charge is 0.422 e. The number of halogens is 3. The van der Waals surface area contributed by atoms with Crippen molar-refractivity contribution in [1.29, 1.82) is 0 Å². The summed E-state index contributed by atoms with van der Waals surface area (Å²) in [5.41, 5.74) is -0.249. The number of benzene rings is 1. The number of hydrogen-bond acceptors (Lipinski definition) is 3. The molecular formula is C22H30F3NOS. The van der Waals surface area contributed by atoms with Crippen molar-refractivity contribution >= 4 is 24.5 Å². The lowest BCUT2D eigenvalue weighted by Gasteiger charge is -2.30. The second-order valence-electron chi connectivity index (χ2n) is 7.58. The molecule has 1 aromatic rings. The number of allylic oxidation sites excluding steroid dienone is 2. The summed E-state index contributed by atoms with van der Waals surface area (Å²) in [5.74, 6) is 0. The summed E-state index contributed by atoms with van der Waals surface area (Å²) < 4.78 is 36.8. The zero-order valence-electron chi connectivity index (χ0n) is 16.2. The van der Waals surface area contributed by atoms with Crippen LogP contribution in [0.2, 0.25) is 0 Å². The summed E-state index contributed by atoms with van der Waals surface area (Å²) >= 11 is 3.32. The van der Waals surface area contributed by atoms with E-state index < -0.39 is 16.7 Å². The number of hydrogen-bond donors (Lipinski definition) is 2. The van der Waals surface area contributed by atoms with E-state index in [1.54, 1.807) is 18.2 Å². The highest BCUT2D eigenvalue weighted by molar-refractivity contribution is 7.84. The fourth-order valence-corrected chi connectivity index (χ4v) is 4.08. The molecule has 2 fully saturated rings. The monoisotopic (exact) mass is 413 g/mol. The van der Waals surface area contributed by atoms with Crippen LogP contribution >= 0.6 is 12.6 Å². The minimum Gasteiger partial charge on any atom is -0.311 e. The van der Waals surface area contributed by atoms with Crippen molar-refractivity contribution in [3.05, 3.63) is 40.8 Å². The normalized spacial score (nSPS) is 20.0. The van der Waals surface area contributed by atoms with Crippen LogP contribution in [0.1, 0.15) is 69.8 Å². The van der Waals surface area contributed by atoms with E-state index in [4.69, 9.17) is 0 Å². The summed E-state index contributed by atoms with van der Waals surface area (Å²) in [5, 5.41) is 3.86. The van der Waals surface area contributed by atoms with Gasteiger partial charge in [0.05, 0.1) is 4.91 Å². The van der Waals surface area contributed by atoms with Gasteiger partial charge in [0, 0.05) is 17.7 Å². The number of thiol groups is 1. The van der Waals surface area contributed by atoms with Crippen LogP contribution in [0.4, 0.5) is 13.2 Å². The molecule has 0 atom stereocenters. The molecule has 28 heavy (non-hydrogen) atoms. The summed E-state index contributed by atoms with van der Waals surface area (Å²) in [6, 6.07) is 9.34. The molecule has 0 heterocycles. The molecule has 0 aliphatic heterocycles. The third-order valence-corrected chi connectivity index (χ3v) is 5.90. The zero-order chi connectivity index (χ0) is 20.4. The van der Waals surface area contributed by atoms with Crippen molar-refractivity contribution in [2.45, 2.75) is 82.5 Å². The zero-order valence-corrected chi connectivity index (χ0v) is 17.1. The summed E-state index contributed by atoms with van der Waals surface area (Å²) in [6.07, 6.45) is 10.1. The van der Waals surface area contributed by atoms with Gasteiger partial charge in [-0.25, -0.2) is 0 Å². The quantitative estimate of drug-likeness (QED) is 0.343. The second-order valence-corrected chi connectivity index (χ2v) is 8.03. The lowest BCUT2D eigenvalue weighted by molar-refractivity contribution is -0.104. The van der Waals surface area contributed by atoms with Crippen LogP contribution in [0.25, 0.3) is 5.57 Å². The Morgan fingerprint density at radius 1 is 0.893 bits per heavy atom. The Balaban J connectivity index is 0.000000202. The molecule has 2 saturated carbocycles. The second kappa shape index (κ2) is 11.7. The molecule has 3 rings (SSSR count). The third kappa shape index (κ3) is 7.63. The van der Waals surface area contributed by atoms with Crippen molar-refractivity contribution in [1.82, 2.24) is 5.32 Å². The minimum atomic E-state index is -4.60. The molecule has 0 spiro atoms. The Bertz CT molecular complexity index is 602. The van der Waals surface area contributed by atoms with E-state index in [1.165, 1.54) is 76.3 Å². The molecule has 6 heteroatoms. The smallest absolute Gasteiger partial charge is 0.311 e. The lowest BCUT2D eigenvalue weighted by Crippen LogP contribution is -2.40. The highest BCUT2D eigenvalue weighted by Crippen LogP contribution is 2.33. The van der Waals surface area contributed by atoms with E-state index in [-0.39, 0.29) is 11.8 Å². The maximum Gasteiger partial charge on any atom is 0.422 e. The van der Waals surface area contributed by atoms with Crippen molar-refractivity contribution in [2.75, 3.05) is 0 Å². The average molecular weight is 414 g/mol. The molecule has 2 aliphatic carbocycles. The first-order valence-electron chi connectivity index (χ1n) is 10.2. The predicted molar refractivity (Wildman–Crippen MR) is 111 cm³/mol. The van der Waals surface area contributed by atoms with Crippen molar-refractivity contribution in [2.24, 2.45) is 0 Å². The first kappa shape index (κ1) is 23.0. The van der Waals surface area contributed by atoms with Crippen molar-refractivity contribution in [3.63, 3.8) is 0 Å². The van der Waals surface area contributed by atoms with E-state index in [9.17, 15) is 18.0 Å². The Morgan fingerprint density at radius 3 is 1.75 bits per heavy atom.